The van der Waals surface area contributed by atoms with Gasteiger partial charge in [0.2, 0.25) is 0 Å². The van der Waals surface area contributed by atoms with Crippen LogP contribution >= 0.6 is 15.9 Å². The smallest absolute Gasteiger partial charge is 0.339 e. The number of benzene rings is 3. The Morgan fingerprint density at radius 1 is 0.704 bits per heavy atom. The molecule has 3 aromatic rings. The van der Waals surface area contributed by atoms with E-state index in [1.54, 1.807) is 66.7 Å². The van der Waals surface area contributed by atoms with Gasteiger partial charge >= 0.3 is 5.97 Å². The van der Waals surface area contributed by atoms with Crippen molar-refractivity contribution in [3.8, 4) is 0 Å². The van der Waals surface area contributed by atoms with Gasteiger partial charge in [0.15, 0.2) is 18.2 Å². The van der Waals surface area contributed by atoms with Gasteiger partial charge in [-0.3, -0.25) is 9.59 Å². The van der Waals surface area contributed by atoms with Crippen LogP contribution < -0.4 is 0 Å². The maximum Gasteiger partial charge on any atom is 0.339 e. The minimum absolute atomic E-state index is 0.134. The number of carbonyl (C=O) groups excluding carboxylic acids is 3. The number of halogens is 1. The minimum Gasteiger partial charge on any atom is -0.454 e. The first-order chi connectivity index (χ1) is 13.1. The van der Waals surface area contributed by atoms with Gasteiger partial charge in [0.1, 0.15) is 0 Å². The summed E-state index contributed by atoms with van der Waals surface area (Å²) >= 11 is 3.30. The first-order valence-corrected chi connectivity index (χ1v) is 9.00. The number of esters is 1. The Kier molecular flexibility index (Phi) is 5.94. The summed E-state index contributed by atoms with van der Waals surface area (Å²) in [4.78, 5) is 37.3. The normalized spacial score (nSPS) is 10.3. The summed E-state index contributed by atoms with van der Waals surface area (Å²) in [6, 6.07) is 21.9. The van der Waals surface area contributed by atoms with Crippen molar-refractivity contribution in [2.45, 2.75) is 0 Å². The van der Waals surface area contributed by atoms with E-state index in [9.17, 15) is 14.4 Å². The summed E-state index contributed by atoms with van der Waals surface area (Å²) in [6.07, 6.45) is 0. The molecule has 0 N–H and O–H groups in total. The molecular formula is C22H15BrO4. The molecule has 0 heterocycles. The van der Waals surface area contributed by atoms with Crippen molar-refractivity contribution in [1.82, 2.24) is 0 Å². The third-order valence-corrected chi connectivity index (χ3v) is 4.46. The molecule has 0 aliphatic heterocycles. The molecule has 0 aliphatic carbocycles. The van der Waals surface area contributed by atoms with Crippen LogP contribution in [0.1, 0.15) is 36.6 Å². The Bertz CT molecular complexity index is 979. The van der Waals surface area contributed by atoms with E-state index in [1.165, 1.54) is 6.07 Å². The van der Waals surface area contributed by atoms with Crippen LogP contribution in [0.15, 0.2) is 83.3 Å². The van der Waals surface area contributed by atoms with E-state index < -0.39 is 12.6 Å². The fourth-order valence-corrected chi connectivity index (χ4v) is 2.80. The van der Waals surface area contributed by atoms with E-state index in [0.29, 0.717) is 11.1 Å². The van der Waals surface area contributed by atoms with Gasteiger partial charge in [-0.15, -0.1) is 0 Å². The molecule has 0 fully saturated rings. The van der Waals surface area contributed by atoms with Gasteiger partial charge in [0.05, 0.1) is 5.56 Å². The topological polar surface area (TPSA) is 60.4 Å². The molecule has 0 aromatic heterocycles. The monoisotopic (exact) mass is 422 g/mol. The Morgan fingerprint density at radius 3 is 1.96 bits per heavy atom. The molecule has 0 saturated carbocycles. The number of ether oxygens (including phenoxy) is 1. The zero-order valence-electron chi connectivity index (χ0n) is 14.2. The van der Waals surface area contributed by atoms with Crippen LogP contribution in [-0.4, -0.2) is 24.1 Å². The average Bonchev–Trinajstić information content (AvgIpc) is 2.72. The van der Waals surface area contributed by atoms with E-state index in [1.807, 2.05) is 6.07 Å². The van der Waals surface area contributed by atoms with Gasteiger partial charge in [-0.05, 0) is 18.2 Å². The number of hydrogen-bond donors (Lipinski definition) is 0. The molecule has 0 atom stereocenters. The van der Waals surface area contributed by atoms with E-state index in [4.69, 9.17) is 4.74 Å². The van der Waals surface area contributed by atoms with Crippen molar-refractivity contribution in [2.75, 3.05) is 6.61 Å². The fraction of sp³-hybridized carbons (Fsp3) is 0.0455. The number of hydrogen-bond acceptors (Lipinski definition) is 4. The highest BCUT2D eigenvalue weighted by molar-refractivity contribution is 9.10. The Labute approximate surface area is 164 Å². The van der Waals surface area contributed by atoms with Crippen LogP contribution in [0.25, 0.3) is 0 Å². The SMILES string of the molecule is O=C(COC(=O)c1ccccc1C(=O)c1ccccc1)c1ccc(Br)cc1. The highest BCUT2D eigenvalue weighted by Crippen LogP contribution is 2.16. The lowest BCUT2D eigenvalue weighted by molar-refractivity contribution is 0.0473. The van der Waals surface area contributed by atoms with Gasteiger partial charge in [-0.2, -0.15) is 0 Å². The van der Waals surface area contributed by atoms with Gasteiger partial charge in [0, 0.05) is 21.2 Å². The number of rotatable bonds is 6. The van der Waals surface area contributed by atoms with Gasteiger partial charge in [0.25, 0.3) is 0 Å². The Hall–Kier alpha value is -3.05. The molecule has 134 valence electrons. The number of carbonyl (C=O) groups is 3. The predicted molar refractivity (Wildman–Crippen MR) is 105 cm³/mol. The molecule has 0 amide bonds. The van der Waals surface area contributed by atoms with Crippen LogP contribution in [0.4, 0.5) is 0 Å². The highest BCUT2D eigenvalue weighted by Gasteiger charge is 2.20. The molecule has 0 saturated heterocycles. The van der Waals surface area contributed by atoms with Crippen molar-refractivity contribution in [2.24, 2.45) is 0 Å². The standard InChI is InChI=1S/C22H15BrO4/c23-17-12-10-15(11-13-17)20(24)14-27-22(26)19-9-5-4-8-18(19)21(25)16-6-2-1-3-7-16/h1-13H,14H2. The summed E-state index contributed by atoms with van der Waals surface area (Å²) in [5, 5.41) is 0. The summed E-state index contributed by atoms with van der Waals surface area (Å²) < 4.78 is 6.00. The molecule has 3 rings (SSSR count). The lowest BCUT2D eigenvalue weighted by Gasteiger charge is -2.09. The molecule has 0 unspecified atom stereocenters. The molecule has 0 radical (unpaired) electrons. The lowest BCUT2D eigenvalue weighted by atomic mass is 9.98. The molecule has 27 heavy (non-hydrogen) atoms. The molecule has 0 aliphatic rings. The maximum absolute atomic E-state index is 12.7. The number of ketones is 2. The van der Waals surface area contributed by atoms with E-state index >= 15 is 0 Å². The second-order valence-corrected chi connectivity index (χ2v) is 6.66. The zero-order valence-corrected chi connectivity index (χ0v) is 15.8. The van der Waals surface area contributed by atoms with Crippen molar-refractivity contribution < 1.29 is 19.1 Å². The first-order valence-electron chi connectivity index (χ1n) is 8.21. The van der Waals surface area contributed by atoms with Crippen molar-refractivity contribution in [3.05, 3.63) is 106 Å². The highest BCUT2D eigenvalue weighted by atomic mass is 79.9. The van der Waals surface area contributed by atoms with Gasteiger partial charge in [-0.1, -0.05) is 76.6 Å². The van der Waals surface area contributed by atoms with Gasteiger partial charge < -0.3 is 4.74 Å². The first kappa shape index (κ1) is 18.7. The molecule has 5 heteroatoms. The van der Waals surface area contributed by atoms with E-state index in [-0.39, 0.29) is 22.7 Å². The largest absolute Gasteiger partial charge is 0.454 e. The third-order valence-electron chi connectivity index (χ3n) is 3.93. The van der Waals surface area contributed by atoms with Crippen LogP contribution in [0.2, 0.25) is 0 Å². The molecular weight excluding hydrogens is 408 g/mol. The Morgan fingerprint density at radius 2 is 1.30 bits per heavy atom. The van der Waals surface area contributed by atoms with Crippen LogP contribution in [0.5, 0.6) is 0 Å². The quantitative estimate of drug-likeness (QED) is 0.425. The Balaban J connectivity index is 1.75. The summed E-state index contributed by atoms with van der Waals surface area (Å²) in [5.41, 5.74) is 1.29. The van der Waals surface area contributed by atoms with E-state index in [0.717, 1.165) is 4.47 Å². The van der Waals surface area contributed by atoms with Crippen molar-refractivity contribution in [3.63, 3.8) is 0 Å². The second kappa shape index (κ2) is 8.56. The van der Waals surface area contributed by atoms with Crippen LogP contribution in [0.3, 0.4) is 0 Å². The summed E-state index contributed by atoms with van der Waals surface area (Å²) in [6.45, 7) is -0.395. The zero-order chi connectivity index (χ0) is 19.2. The van der Waals surface area contributed by atoms with Crippen LogP contribution in [0, 0.1) is 0 Å². The molecule has 0 spiro atoms. The summed E-state index contributed by atoms with van der Waals surface area (Å²) in [7, 11) is 0. The summed E-state index contributed by atoms with van der Waals surface area (Å²) in [5.74, 6) is -1.30. The lowest BCUT2D eigenvalue weighted by Crippen LogP contribution is -2.17. The second-order valence-electron chi connectivity index (χ2n) is 5.75. The molecule has 4 nitrogen and oxygen atoms in total. The fourth-order valence-electron chi connectivity index (χ4n) is 2.53. The maximum atomic E-state index is 12.7. The molecule has 0 bridgehead atoms. The van der Waals surface area contributed by atoms with Gasteiger partial charge in [-0.25, -0.2) is 4.79 Å². The van der Waals surface area contributed by atoms with E-state index in [2.05, 4.69) is 15.9 Å². The third kappa shape index (κ3) is 4.57. The van der Waals surface area contributed by atoms with Crippen molar-refractivity contribution in [1.29, 1.82) is 0 Å². The predicted octanol–water partition coefficient (Wildman–Crippen LogP) is 4.72. The van der Waals surface area contributed by atoms with Crippen LogP contribution in [-0.2, 0) is 4.74 Å². The molecule has 3 aromatic carbocycles. The number of Topliss-reactive ketones (excluding diaryl/α,β-unsaturated/α-hetero) is 1. The average molecular weight is 423 g/mol. The van der Waals surface area contributed by atoms with Crippen molar-refractivity contribution >= 4 is 33.5 Å². The minimum atomic E-state index is -0.708.